The van der Waals surface area contributed by atoms with E-state index in [1.807, 2.05) is 30.6 Å². The Labute approximate surface area is 233 Å². The fourth-order valence-electron chi connectivity index (χ4n) is 6.06. The van der Waals surface area contributed by atoms with Gasteiger partial charge in [-0.1, -0.05) is 6.92 Å². The average Bonchev–Trinajstić information content (AvgIpc) is 3.26. The SMILES string of the molecule is CCN(C(=O)c1cc(F)ccc1Oc1nncnc1N1CC2(CCN(C(=O)[C@H]3NC[C@H](F)[C@@H]3C)CC2)C1)C(C)C. The third kappa shape index (κ3) is 5.33. The number of benzene rings is 1. The summed E-state index contributed by atoms with van der Waals surface area (Å²) in [6.07, 6.45) is 2.02. The number of piperidine rings is 1. The van der Waals surface area contributed by atoms with E-state index in [0.717, 1.165) is 12.8 Å². The van der Waals surface area contributed by atoms with Gasteiger partial charge in [-0.25, -0.2) is 13.8 Å². The number of anilines is 1. The average molecular weight is 558 g/mol. The highest BCUT2D eigenvalue weighted by atomic mass is 19.1. The molecule has 3 aliphatic rings. The minimum absolute atomic E-state index is 0.0156. The Bertz CT molecular complexity index is 1250. The third-order valence-electron chi connectivity index (χ3n) is 8.56. The van der Waals surface area contributed by atoms with Gasteiger partial charge in [-0.3, -0.25) is 9.59 Å². The summed E-state index contributed by atoms with van der Waals surface area (Å²) in [6, 6.07) is 3.31. The number of rotatable bonds is 7. The minimum Gasteiger partial charge on any atom is -0.434 e. The summed E-state index contributed by atoms with van der Waals surface area (Å²) >= 11 is 0. The molecule has 216 valence electrons. The highest BCUT2D eigenvalue weighted by Gasteiger charge is 2.48. The summed E-state index contributed by atoms with van der Waals surface area (Å²) in [6.45, 7) is 10.8. The Balaban J connectivity index is 1.26. The number of carbonyl (C=O) groups is 2. The second-order valence-electron chi connectivity index (χ2n) is 11.5. The van der Waals surface area contributed by atoms with Crippen molar-refractivity contribution in [2.45, 2.75) is 58.8 Å². The Morgan fingerprint density at radius 1 is 1.25 bits per heavy atom. The van der Waals surface area contributed by atoms with Crippen LogP contribution in [0.25, 0.3) is 0 Å². The fraction of sp³-hybridized carbons (Fsp3) is 0.607. The zero-order chi connectivity index (χ0) is 28.6. The number of nitrogens with zero attached hydrogens (tertiary/aromatic N) is 6. The summed E-state index contributed by atoms with van der Waals surface area (Å²) in [5.74, 6) is -0.390. The number of amides is 2. The molecule has 0 aliphatic carbocycles. The maximum absolute atomic E-state index is 14.2. The molecule has 1 aromatic carbocycles. The quantitative estimate of drug-likeness (QED) is 0.554. The highest BCUT2D eigenvalue weighted by molar-refractivity contribution is 5.97. The molecule has 0 saturated carbocycles. The largest absolute Gasteiger partial charge is 0.434 e. The first kappa shape index (κ1) is 28.1. The van der Waals surface area contributed by atoms with Crippen LogP contribution in [0, 0.1) is 17.2 Å². The van der Waals surface area contributed by atoms with E-state index in [4.69, 9.17) is 4.74 Å². The van der Waals surface area contributed by atoms with Crippen LogP contribution in [0.4, 0.5) is 14.6 Å². The predicted molar refractivity (Wildman–Crippen MR) is 144 cm³/mol. The van der Waals surface area contributed by atoms with Crippen LogP contribution in [0.3, 0.4) is 0 Å². The Hall–Kier alpha value is -3.41. The van der Waals surface area contributed by atoms with E-state index < -0.39 is 18.0 Å². The van der Waals surface area contributed by atoms with Gasteiger partial charge in [-0.15, -0.1) is 10.2 Å². The number of alkyl halides is 1. The van der Waals surface area contributed by atoms with Gasteiger partial charge in [0.15, 0.2) is 5.82 Å². The van der Waals surface area contributed by atoms with Crippen LogP contribution >= 0.6 is 0 Å². The number of halogens is 2. The van der Waals surface area contributed by atoms with Crippen LogP contribution in [0.2, 0.25) is 0 Å². The molecular formula is C28H37F2N7O3. The van der Waals surface area contributed by atoms with E-state index in [9.17, 15) is 18.4 Å². The number of hydrogen-bond acceptors (Lipinski definition) is 8. The van der Waals surface area contributed by atoms with Gasteiger partial charge in [0.1, 0.15) is 24.1 Å². The number of carbonyl (C=O) groups excluding carboxylic acids is 2. The zero-order valence-corrected chi connectivity index (χ0v) is 23.4. The lowest BCUT2D eigenvalue weighted by atomic mass is 9.72. The van der Waals surface area contributed by atoms with Crippen molar-refractivity contribution in [3.05, 3.63) is 35.9 Å². The lowest BCUT2D eigenvalue weighted by molar-refractivity contribution is -0.136. The number of ether oxygens (including phenoxy) is 1. The lowest BCUT2D eigenvalue weighted by Gasteiger charge is -2.54. The van der Waals surface area contributed by atoms with Crippen LogP contribution in [-0.4, -0.2) is 94.3 Å². The first-order chi connectivity index (χ1) is 19.1. The highest BCUT2D eigenvalue weighted by Crippen LogP contribution is 2.44. The second kappa shape index (κ2) is 11.2. The van der Waals surface area contributed by atoms with E-state index in [1.165, 1.54) is 24.5 Å². The monoisotopic (exact) mass is 557 g/mol. The first-order valence-electron chi connectivity index (χ1n) is 14.0. The molecule has 10 nitrogen and oxygen atoms in total. The van der Waals surface area contributed by atoms with Crippen molar-refractivity contribution in [2.24, 2.45) is 11.3 Å². The van der Waals surface area contributed by atoms with Crippen molar-refractivity contribution in [3.8, 4) is 11.6 Å². The van der Waals surface area contributed by atoms with Crippen LogP contribution in [0.1, 0.15) is 50.9 Å². The van der Waals surface area contributed by atoms with E-state index in [-0.39, 0.29) is 52.9 Å². The van der Waals surface area contributed by atoms with Crippen molar-refractivity contribution in [2.75, 3.05) is 44.2 Å². The Kier molecular flexibility index (Phi) is 7.89. The molecule has 3 saturated heterocycles. The predicted octanol–water partition coefficient (Wildman–Crippen LogP) is 3.05. The molecule has 1 N–H and O–H groups in total. The molecular weight excluding hydrogens is 520 g/mol. The molecule has 2 amide bonds. The van der Waals surface area contributed by atoms with Gasteiger partial charge in [0.05, 0.1) is 11.6 Å². The van der Waals surface area contributed by atoms with Gasteiger partial charge in [0, 0.05) is 56.6 Å². The Morgan fingerprint density at radius 2 is 1.98 bits per heavy atom. The van der Waals surface area contributed by atoms with E-state index in [2.05, 4.69) is 20.5 Å². The number of hydrogen-bond donors (Lipinski definition) is 1. The molecule has 3 atom stereocenters. The number of nitrogens with one attached hydrogen (secondary N) is 1. The molecule has 12 heteroatoms. The van der Waals surface area contributed by atoms with Gasteiger partial charge >= 0.3 is 0 Å². The molecule has 3 fully saturated rings. The van der Waals surface area contributed by atoms with Crippen molar-refractivity contribution in [1.29, 1.82) is 0 Å². The van der Waals surface area contributed by atoms with Gasteiger partial charge in [0.25, 0.3) is 11.8 Å². The molecule has 1 aromatic heterocycles. The van der Waals surface area contributed by atoms with Gasteiger partial charge < -0.3 is 24.8 Å². The molecule has 5 rings (SSSR count). The van der Waals surface area contributed by atoms with Crippen LogP contribution in [-0.2, 0) is 4.79 Å². The molecule has 3 aliphatic heterocycles. The molecule has 0 bridgehead atoms. The zero-order valence-electron chi connectivity index (χ0n) is 23.4. The maximum Gasteiger partial charge on any atom is 0.282 e. The van der Waals surface area contributed by atoms with E-state index in [0.29, 0.717) is 38.5 Å². The maximum atomic E-state index is 14.2. The number of aromatic nitrogens is 3. The summed E-state index contributed by atoms with van der Waals surface area (Å²) in [4.78, 5) is 36.1. The van der Waals surface area contributed by atoms with Gasteiger partial charge in [-0.2, -0.15) is 0 Å². The molecule has 0 unspecified atom stereocenters. The van der Waals surface area contributed by atoms with Gasteiger partial charge in [-0.05, 0) is 51.8 Å². The lowest BCUT2D eigenvalue weighted by Crippen LogP contribution is -2.62. The van der Waals surface area contributed by atoms with Crippen molar-refractivity contribution in [3.63, 3.8) is 0 Å². The van der Waals surface area contributed by atoms with Crippen molar-refractivity contribution < 1.29 is 23.1 Å². The minimum atomic E-state index is -0.993. The summed E-state index contributed by atoms with van der Waals surface area (Å²) in [5, 5.41) is 11.0. The third-order valence-corrected chi connectivity index (χ3v) is 8.56. The molecule has 4 heterocycles. The molecule has 2 aromatic rings. The van der Waals surface area contributed by atoms with Crippen LogP contribution in [0.5, 0.6) is 11.6 Å². The molecule has 40 heavy (non-hydrogen) atoms. The second-order valence-corrected chi connectivity index (χ2v) is 11.5. The normalized spacial score (nSPS) is 23.8. The summed E-state index contributed by atoms with van der Waals surface area (Å²) < 4.78 is 34.2. The van der Waals surface area contributed by atoms with Crippen molar-refractivity contribution in [1.82, 2.24) is 30.3 Å². The smallest absolute Gasteiger partial charge is 0.282 e. The van der Waals surface area contributed by atoms with E-state index in [1.54, 1.807) is 11.8 Å². The molecule has 0 radical (unpaired) electrons. The van der Waals surface area contributed by atoms with Crippen LogP contribution in [0.15, 0.2) is 24.5 Å². The topological polar surface area (TPSA) is 104 Å². The molecule has 1 spiro atoms. The standard InChI is InChI=1S/C28H37F2N7O3/c1-5-37(17(2)3)26(38)20-12-19(29)6-7-22(20)40-25-24(32-16-33-34-25)36-14-28(15-36)8-10-35(11-9-28)27(39)23-18(4)21(30)13-31-23/h6-7,12,16-18,21,23,31H,5,8-11,13-15H2,1-4H3/t18-,21-,23-/m0/s1. The fourth-order valence-corrected chi connectivity index (χ4v) is 6.06. The Morgan fingerprint density at radius 3 is 2.60 bits per heavy atom. The van der Waals surface area contributed by atoms with Crippen LogP contribution < -0.4 is 15.0 Å². The van der Waals surface area contributed by atoms with E-state index >= 15 is 0 Å². The summed E-state index contributed by atoms with van der Waals surface area (Å²) in [7, 11) is 0. The summed E-state index contributed by atoms with van der Waals surface area (Å²) in [5.41, 5.74) is 0.140. The first-order valence-corrected chi connectivity index (χ1v) is 14.0. The number of likely N-dealkylation sites (tertiary alicyclic amines) is 1. The van der Waals surface area contributed by atoms with Gasteiger partial charge in [0.2, 0.25) is 5.91 Å². The van der Waals surface area contributed by atoms with Crippen molar-refractivity contribution >= 4 is 17.6 Å².